The number of hydrogen-bond donors (Lipinski definition) is 1. The molecule has 0 fully saturated rings. The Morgan fingerprint density at radius 3 is 2.44 bits per heavy atom. The van der Waals surface area contributed by atoms with Crippen LogP contribution in [0.3, 0.4) is 0 Å². The zero-order valence-electron chi connectivity index (χ0n) is 12.0. The summed E-state index contributed by atoms with van der Waals surface area (Å²) >= 11 is 0. The van der Waals surface area contributed by atoms with Gasteiger partial charge in [0.05, 0.1) is 7.11 Å². The summed E-state index contributed by atoms with van der Waals surface area (Å²) in [6.45, 7) is 9.59. The molecule has 0 saturated heterocycles. The van der Waals surface area contributed by atoms with Crippen LogP contribution < -0.4 is 10.1 Å². The second-order valence-corrected chi connectivity index (χ2v) is 5.65. The summed E-state index contributed by atoms with van der Waals surface area (Å²) in [5, 5.41) is 3.47. The topological polar surface area (TPSA) is 21.3 Å². The highest BCUT2D eigenvalue weighted by atomic mass is 19.1. The molecule has 1 atom stereocenters. The quantitative estimate of drug-likeness (QED) is 0.868. The van der Waals surface area contributed by atoms with E-state index in [1.807, 2.05) is 6.07 Å². The maximum Gasteiger partial charge on any atom is 0.165 e. The molecule has 1 unspecified atom stereocenters. The minimum atomic E-state index is -0.292. The van der Waals surface area contributed by atoms with E-state index >= 15 is 0 Å². The van der Waals surface area contributed by atoms with Gasteiger partial charge in [-0.3, -0.25) is 0 Å². The first kappa shape index (κ1) is 15.0. The lowest BCUT2D eigenvalue weighted by molar-refractivity contribution is 0.270. The molecular formula is C15H24FNO. The van der Waals surface area contributed by atoms with E-state index < -0.39 is 0 Å². The maximum absolute atomic E-state index is 13.6. The van der Waals surface area contributed by atoms with E-state index in [1.54, 1.807) is 12.1 Å². The number of benzene rings is 1. The molecule has 0 aliphatic rings. The number of halogens is 1. The van der Waals surface area contributed by atoms with E-state index in [-0.39, 0.29) is 11.2 Å². The predicted octanol–water partition coefficient (Wildman–Crippen LogP) is 3.40. The van der Waals surface area contributed by atoms with Crippen LogP contribution >= 0.6 is 0 Å². The molecule has 102 valence electrons. The smallest absolute Gasteiger partial charge is 0.165 e. The molecule has 0 amide bonds. The van der Waals surface area contributed by atoms with Crippen molar-refractivity contribution in [2.24, 2.45) is 5.41 Å². The molecule has 0 spiro atoms. The summed E-state index contributed by atoms with van der Waals surface area (Å²) in [4.78, 5) is 0. The van der Waals surface area contributed by atoms with E-state index in [0.29, 0.717) is 11.8 Å². The molecule has 0 saturated carbocycles. The van der Waals surface area contributed by atoms with Gasteiger partial charge in [0.25, 0.3) is 0 Å². The van der Waals surface area contributed by atoms with Crippen LogP contribution in [0.5, 0.6) is 5.75 Å². The van der Waals surface area contributed by atoms with Gasteiger partial charge in [-0.15, -0.1) is 0 Å². The Balaban J connectivity index is 2.84. The van der Waals surface area contributed by atoms with Gasteiger partial charge in [0.2, 0.25) is 0 Å². The summed E-state index contributed by atoms with van der Waals surface area (Å²) in [6.07, 6.45) is 0.818. The van der Waals surface area contributed by atoms with Crippen LogP contribution in [0.4, 0.5) is 4.39 Å². The lowest BCUT2D eigenvalue weighted by atomic mass is 9.83. The van der Waals surface area contributed by atoms with E-state index in [9.17, 15) is 4.39 Å². The van der Waals surface area contributed by atoms with Gasteiger partial charge >= 0.3 is 0 Å². The number of ether oxygens (including phenoxy) is 1. The number of likely N-dealkylation sites (N-methyl/N-ethyl adjacent to an activating group) is 1. The van der Waals surface area contributed by atoms with Gasteiger partial charge < -0.3 is 10.1 Å². The normalized spacial score (nSPS) is 13.4. The summed E-state index contributed by atoms with van der Waals surface area (Å²) < 4.78 is 18.6. The van der Waals surface area contributed by atoms with Crippen molar-refractivity contribution in [3.63, 3.8) is 0 Å². The average Bonchev–Trinajstić information content (AvgIpc) is 2.27. The van der Waals surface area contributed by atoms with Crippen LogP contribution in [0.15, 0.2) is 18.2 Å². The van der Waals surface area contributed by atoms with Gasteiger partial charge in [-0.05, 0) is 36.1 Å². The van der Waals surface area contributed by atoms with E-state index in [4.69, 9.17) is 4.74 Å². The standard InChI is InChI=1S/C15H24FNO/c1-6-17-14(15(2,3)4)10-11-7-8-13(18-5)12(16)9-11/h7-9,14,17H,6,10H2,1-5H3. The summed E-state index contributed by atoms with van der Waals surface area (Å²) in [7, 11) is 1.48. The highest BCUT2D eigenvalue weighted by molar-refractivity contribution is 5.29. The molecule has 2 nitrogen and oxygen atoms in total. The molecule has 0 bridgehead atoms. The highest BCUT2D eigenvalue weighted by Crippen LogP contribution is 2.24. The highest BCUT2D eigenvalue weighted by Gasteiger charge is 2.24. The molecule has 1 aromatic carbocycles. The molecule has 18 heavy (non-hydrogen) atoms. The van der Waals surface area contributed by atoms with Gasteiger partial charge in [-0.25, -0.2) is 4.39 Å². The van der Waals surface area contributed by atoms with Crippen molar-refractivity contribution < 1.29 is 9.13 Å². The first-order valence-electron chi connectivity index (χ1n) is 6.44. The SMILES string of the molecule is CCNC(Cc1ccc(OC)c(F)c1)C(C)(C)C. The fourth-order valence-corrected chi connectivity index (χ4v) is 2.00. The summed E-state index contributed by atoms with van der Waals surface area (Å²) in [5.41, 5.74) is 1.14. The molecule has 0 aliphatic heterocycles. The third-order valence-electron chi connectivity index (χ3n) is 3.15. The Morgan fingerprint density at radius 1 is 1.33 bits per heavy atom. The second-order valence-electron chi connectivity index (χ2n) is 5.65. The van der Waals surface area contributed by atoms with E-state index in [2.05, 4.69) is 33.0 Å². The molecule has 1 rings (SSSR count). The fourth-order valence-electron chi connectivity index (χ4n) is 2.00. The molecular weight excluding hydrogens is 229 g/mol. The third-order valence-corrected chi connectivity index (χ3v) is 3.15. The molecule has 0 heterocycles. The average molecular weight is 253 g/mol. The molecule has 1 aromatic rings. The van der Waals surface area contributed by atoms with Crippen molar-refractivity contribution in [2.75, 3.05) is 13.7 Å². The van der Waals surface area contributed by atoms with Crippen LogP contribution in [-0.2, 0) is 6.42 Å². The lowest BCUT2D eigenvalue weighted by Gasteiger charge is -2.31. The van der Waals surface area contributed by atoms with Crippen LogP contribution in [0.25, 0.3) is 0 Å². The van der Waals surface area contributed by atoms with Gasteiger partial charge in [0.15, 0.2) is 11.6 Å². The Hall–Kier alpha value is -1.09. The molecule has 0 aliphatic carbocycles. The van der Waals surface area contributed by atoms with Gasteiger partial charge in [0.1, 0.15) is 0 Å². The Labute approximate surface area is 110 Å². The zero-order chi connectivity index (χ0) is 13.8. The van der Waals surface area contributed by atoms with Crippen LogP contribution in [0.2, 0.25) is 0 Å². The van der Waals surface area contributed by atoms with Crippen molar-refractivity contribution in [1.82, 2.24) is 5.32 Å². The minimum absolute atomic E-state index is 0.145. The van der Waals surface area contributed by atoms with Crippen molar-refractivity contribution in [3.8, 4) is 5.75 Å². The van der Waals surface area contributed by atoms with Gasteiger partial charge in [0, 0.05) is 6.04 Å². The van der Waals surface area contributed by atoms with Crippen molar-refractivity contribution in [1.29, 1.82) is 0 Å². The number of rotatable bonds is 5. The maximum atomic E-state index is 13.6. The Kier molecular flexibility index (Phi) is 5.15. The van der Waals surface area contributed by atoms with Crippen LogP contribution in [-0.4, -0.2) is 19.7 Å². The monoisotopic (exact) mass is 253 g/mol. The number of methoxy groups -OCH3 is 1. The van der Waals surface area contributed by atoms with Gasteiger partial charge in [-0.1, -0.05) is 33.8 Å². The molecule has 1 N–H and O–H groups in total. The van der Waals surface area contributed by atoms with Crippen molar-refractivity contribution in [2.45, 2.75) is 40.2 Å². The first-order chi connectivity index (χ1) is 8.38. The fraction of sp³-hybridized carbons (Fsp3) is 0.600. The van der Waals surface area contributed by atoms with Crippen LogP contribution in [0.1, 0.15) is 33.3 Å². The van der Waals surface area contributed by atoms with Gasteiger partial charge in [-0.2, -0.15) is 0 Å². The van der Waals surface area contributed by atoms with E-state index in [0.717, 1.165) is 18.5 Å². The summed E-state index contributed by atoms with van der Waals surface area (Å²) in [5.74, 6) is 0.00803. The van der Waals surface area contributed by atoms with E-state index in [1.165, 1.54) is 7.11 Å². The molecule has 0 aromatic heterocycles. The number of nitrogens with one attached hydrogen (secondary N) is 1. The second kappa shape index (κ2) is 6.19. The predicted molar refractivity (Wildman–Crippen MR) is 73.6 cm³/mol. The van der Waals surface area contributed by atoms with Crippen molar-refractivity contribution in [3.05, 3.63) is 29.6 Å². The number of hydrogen-bond acceptors (Lipinski definition) is 2. The first-order valence-corrected chi connectivity index (χ1v) is 6.44. The van der Waals surface area contributed by atoms with Crippen LogP contribution in [0, 0.1) is 11.2 Å². The lowest BCUT2D eigenvalue weighted by Crippen LogP contribution is -2.41. The molecule has 3 heteroatoms. The molecule has 0 radical (unpaired) electrons. The zero-order valence-corrected chi connectivity index (χ0v) is 12.0. The van der Waals surface area contributed by atoms with Crippen molar-refractivity contribution >= 4 is 0 Å². The Bertz CT molecular complexity index is 385. The Morgan fingerprint density at radius 2 is 2.00 bits per heavy atom. The third kappa shape index (κ3) is 3.98. The summed E-state index contributed by atoms with van der Waals surface area (Å²) in [6, 6.07) is 5.51. The minimum Gasteiger partial charge on any atom is -0.494 e. The largest absolute Gasteiger partial charge is 0.494 e.